The molecule has 5 heteroatoms. The summed E-state index contributed by atoms with van der Waals surface area (Å²) in [4.78, 5) is 22.0. The molecule has 0 atom stereocenters. The molecule has 0 spiro atoms. The molecule has 15 heavy (non-hydrogen) atoms. The molecule has 2 rings (SSSR count). The molecule has 0 saturated carbocycles. The fourth-order valence-corrected chi connectivity index (χ4v) is 1.40. The number of carboxylic acid groups (broad SMARTS) is 1. The number of fused-ring (bicyclic) bond motifs is 1. The average molecular weight is 205 g/mol. The van der Waals surface area contributed by atoms with Crippen molar-refractivity contribution in [2.45, 2.75) is 0 Å². The molecule has 0 saturated heterocycles. The van der Waals surface area contributed by atoms with Crippen molar-refractivity contribution in [3.05, 3.63) is 46.2 Å². The zero-order valence-electron chi connectivity index (χ0n) is 7.54. The number of pyridine rings is 1. The van der Waals surface area contributed by atoms with Crippen molar-refractivity contribution in [3.8, 4) is 0 Å². The summed E-state index contributed by atoms with van der Waals surface area (Å²) >= 11 is 0. The maximum Gasteiger partial charge on any atom is 0.341 e. The third-order valence-corrected chi connectivity index (χ3v) is 2.12. The van der Waals surface area contributed by atoms with Crippen LogP contribution in [0.4, 0.5) is 0 Å². The summed E-state index contributed by atoms with van der Waals surface area (Å²) in [6, 6.07) is 7.73. The number of rotatable bonds is 1. The molecular weight excluding hydrogens is 198 g/mol. The number of para-hydroxylation sites is 1. The van der Waals surface area contributed by atoms with E-state index in [9.17, 15) is 14.8 Å². The zero-order chi connectivity index (χ0) is 11.0. The minimum absolute atomic E-state index is 0.285. The van der Waals surface area contributed by atoms with Crippen LogP contribution in [0, 0.1) is 0 Å². The number of nitrogens with zero attached hydrogens (tertiary/aromatic N) is 1. The first-order valence-corrected chi connectivity index (χ1v) is 4.18. The van der Waals surface area contributed by atoms with Gasteiger partial charge >= 0.3 is 5.97 Å². The first-order chi connectivity index (χ1) is 7.11. The van der Waals surface area contributed by atoms with Crippen LogP contribution in [0.25, 0.3) is 10.9 Å². The van der Waals surface area contributed by atoms with Crippen LogP contribution in [0.15, 0.2) is 35.1 Å². The molecule has 0 radical (unpaired) electrons. The second-order valence-corrected chi connectivity index (χ2v) is 3.04. The molecule has 1 aromatic heterocycles. The molecule has 0 amide bonds. The van der Waals surface area contributed by atoms with Gasteiger partial charge in [-0.2, -0.15) is 0 Å². The molecule has 0 aliphatic heterocycles. The van der Waals surface area contributed by atoms with E-state index in [-0.39, 0.29) is 5.52 Å². The van der Waals surface area contributed by atoms with Crippen molar-refractivity contribution < 1.29 is 15.1 Å². The van der Waals surface area contributed by atoms with E-state index < -0.39 is 17.1 Å². The lowest BCUT2D eigenvalue weighted by Gasteiger charge is -2.03. The molecule has 0 bridgehead atoms. The van der Waals surface area contributed by atoms with Gasteiger partial charge in [-0.1, -0.05) is 18.2 Å². The molecular formula is C10H7NO4. The lowest BCUT2D eigenvalue weighted by atomic mass is 10.1. The van der Waals surface area contributed by atoms with Gasteiger partial charge in [0.1, 0.15) is 5.56 Å². The van der Waals surface area contributed by atoms with E-state index in [1.807, 2.05) is 0 Å². The van der Waals surface area contributed by atoms with Crippen molar-refractivity contribution in [1.29, 1.82) is 0 Å². The van der Waals surface area contributed by atoms with E-state index in [0.717, 1.165) is 0 Å². The fourth-order valence-electron chi connectivity index (χ4n) is 1.40. The highest BCUT2D eigenvalue weighted by molar-refractivity contribution is 5.92. The highest BCUT2D eigenvalue weighted by Crippen LogP contribution is 2.11. The highest BCUT2D eigenvalue weighted by Gasteiger charge is 2.13. The number of carbonyl (C=O) groups is 1. The Kier molecular flexibility index (Phi) is 1.93. The molecule has 0 aliphatic carbocycles. The van der Waals surface area contributed by atoms with Gasteiger partial charge in [-0.3, -0.25) is 4.79 Å². The molecule has 1 heterocycles. The van der Waals surface area contributed by atoms with Gasteiger partial charge in [0.25, 0.3) is 5.56 Å². The predicted octanol–water partition coefficient (Wildman–Crippen LogP) is 0.937. The molecule has 76 valence electrons. The normalized spacial score (nSPS) is 10.4. The second kappa shape index (κ2) is 3.13. The van der Waals surface area contributed by atoms with E-state index in [1.54, 1.807) is 18.2 Å². The van der Waals surface area contributed by atoms with Gasteiger partial charge in [0.05, 0.1) is 5.52 Å². The maximum absolute atomic E-state index is 11.4. The highest BCUT2D eigenvalue weighted by atomic mass is 16.5. The maximum atomic E-state index is 11.4. The van der Waals surface area contributed by atoms with Crippen LogP contribution in [-0.4, -0.2) is 21.0 Å². The molecule has 0 unspecified atom stereocenters. The van der Waals surface area contributed by atoms with Crippen LogP contribution < -0.4 is 5.56 Å². The lowest BCUT2D eigenvalue weighted by molar-refractivity contribution is 0.0689. The SMILES string of the molecule is O=C(O)c1cc2ccccc2n(O)c1=O. The minimum Gasteiger partial charge on any atom is -0.477 e. The molecule has 2 N–H and O–H groups in total. The summed E-state index contributed by atoms with van der Waals surface area (Å²) in [5, 5.41) is 18.7. The van der Waals surface area contributed by atoms with Crippen molar-refractivity contribution in [2.24, 2.45) is 0 Å². The van der Waals surface area contributed by atoms with Gasteiger partial charge in [0.15, 0.2) is 0 Å². The lowest BCUT2D eigenvalue weighted by Crippen LogP contribution is -2.24. The molecule has 5 nitrogen and oxygen atoms in total. The summed E-state index contributed by atoms with van der Waals surface area (Å²) in [7, 11) is 0. The molecule has 1 aromatic carbocycles. The van der Waals surface area contributed by atoms with E-state index in [0.29, 0.717) is 10.1 Å². The molecule has 0 aliphatic rings. The van der Waals surface area contributed by atoms with Gasteiger partial charge in [-0.25, -0.2) is 4.79 Å². The average Bonchev–Trinajstić information content (AvgIpc) is 2.23. The van der Waals surface area contributed by atoms with Crippen molar-refractivity contribution in [3.63, 3.8) is 0 Å². The summed E-state index contributed by atoms with van der Waals surface area (Å²) in [5.41, 5.74) is -1.09. The largest absolute Gasteiger partial charge is 0.477 e. The van der Waals surface area contributed by atoms with Crippen LogP contribution >= 0.6 is 0 Å². The topological polar surface area (TPSA) is 79.5 Å². The van der Waals surface area contributed by atoms with Crippen LogP contribution in [0.5, 0.6) is 0 Å². The van der Waals surface area contributed by atoms with E-state index in [1.165, 1.54) is 12.1 Å². The predicted molar refractivity (Wildman–Crippen MR) is 52.4 cm³/mol. The monoisotopic (exact) mass is 205 g/mol. The van der Waals surface area contributed by atoms with E-state index in [2.05, 4.69) is 0 Å². The summed E-state index contributed by atoms with van der Waals surface area (Å²) in [6.07, 6.45) is 0. The number of aromatic carboxylic acids is 1. The van der Waals surface area contributed by atoms with Crippen molar-refractivity contribution in [1.82, 2.24) is 4.73 Å². The Labute approximate surface area is 83.8 Å². The van der Waals surface area contributed by atoms with Crippen LogP contribution in [0.2, 0.25) is 0 Å². The van der Waals surface area contributed by atoms with Gasteiger partial charge in [0, 0.05) is 5.39 Å². The van der Waals surface area contributed by atoms with Gasteiger partial charge in [-0.15, -0.1) is 4.73 Å². The summed E-state index contributed by atoms with van der Waals surface area (Å²) < 4.78 is 0.346. The van der Waals surface area contributed by atoms with E-state index in [4.69, 9.17) is 5.11 Å². The smallest absolute Gasteiger partial charge is 0.341 e. The first kappa shape index (κ1) is 9.26. The number of hydrogen-bond acceptors (Lipinski definition) is 3. The Bertz CT molecular complexity index is 600. The third-order valence-electron chi connectivity index (χ3n) is 2.12. The van der Waals surface area contributed by atoms with Crippen molar-refractivity contribution >= 4 is 16.9 Å². The minimum atomic E-state index is -1.35. The van der Waals surface area contributed by atoms with Crippen LogP contribution in [0.1, 0.15) is 10.4 Å². The van der Waals surface area contributed by atoms with Gasteiger partial charge in [0.2, 0.25) is 0 Å². The second-order valence-electron chi connectivity index (χ2n) is 3.04. The Balaban J connectivity index is 2.95. The number of hydrogen-bond donors (Lipinski definition) is 2. The summed E-state index contributed by atoms with van der Waals surface area (Å²) in [6.45, 7) is 0. The number of benzene rings is 1. The third kappa shape index (κ3) is 1.34. The summed E-state index contributed by atoms with van der Waals surface area (Å²) in [5.74, 6) is -1.35. The molecule has 0 fully saturated rings. The Morgan fingerprint density at radius 2 is 1.93 bits per heavy atom. The number of aromatic nitrogens is 1. The Morgan fingerprint density at radius 1 is 1.27 bits per heavy atom. The molecule has 2 aromatic rings. The first-order valence-electron chi connectivity index (χ1n) is 4.18. The Morgan fingerprint density at radius 3 is 2.60 bits per heavy atom. The van der Waals surface area contributed by atoms with Crippen molar-refractivity contribution in [2.75, 3.05) is 0 Å². The Hall–Kier alpha value is -2.30. The standard InChI is InChI=1S/C10H7NO4/c12-9-7(10(13)14)5-6-3-1-2-4-8(6)11(9)15/h1-5,15H,(H,13,14). The van der Waals surface area contributed by atoms with E-state index >= 15 is 0 Å². The number of carboxylic acids is 1. The van der Waals surface area contributed by atoms with Crippen LogP contribution in [-0.2, 0) is 0 Å². The van der Waals surface area contributed by atoms with Crippen LogP contribution in [0.3, 0.4) is 0 Å². The van der Waals surface area contributed by atoms with Gasteiger partial charge in [-0.05, 0) is 12.1 Å². The zero-order valence-corrected chi connectivity index (χ0v) is 7.54. The fraction of sp³-hybridized carbons (Fsp3) is 0. The van der Waals surface area contributed by atoms with Gasteiger partial charge < -0.3 is 10.3 Å². The quantitative estimate of drug-likeness (QED) is 0.679.